The van der Waals surface area contributed by atoms with Gasteiger partial charge in [0, 0.05) is 37.0 Å². The van der Waals surface area contributed by atoms with Crippen LogP contribution >= 0.6 is 0 Å². The topological polar surface area (TPSA) is 66.1 Å². The van der Waals surface area contributed by atoms with Crippen LogP contribution in [0.3, 0.4) is 0 Å². The van der Waals surface area contributed by atoms with E-state index >= 15 is 0 Å². The highest BCUT2D eigenvalue weighted by atomic mass is 19.1. The second-order valence-electron chi connectivity index (χ2n) is 5.54. The number of benzene rings is 1. The van der Waals surface area contributed by atoms with E-state index in [0.717, 1.165) is 25.0 Å². The Morgan fingerprint density at radius 2 is 2.13 bits per heavy atom. The number of aromatic nitrogens is 2. The number of piperidine rings is 1. The molecule has 0 saturated carbocycles. The molecule has 1 aromatic carbocycles. The minimum absolute atomic E-state index is 0.0353. The molecule has 0 radical (unpaired) electrons. The van der Waals surface area contributed by atoms with Crippen LogP contribution in [0.2, 0.25) is 0 Å². The Labute approximate surface area is 131 Å². The number of hydrogen-bond donors (Lipinski definition) is 1. The minimum Gasteiger partial charge on any atom is -0.338 e. The van der Waals surface area contributed by atoms with E-state index in [4.69, 9.17) is 0 Å². The van der Waals surface area contributed by atoms with Crippen molar-refractivity contribution < 1.29 is 13.6 Å². The number of nitrogens with one attached hydrogen (secondary N) is 1. The zero-order valence-corrected chi connectivity index (χ0v) is 12.3. The van der Waals surface area contributed by atoms with E-state index in [1.165, 1.54) is 11.1 Å². The van der Waals surface area contributed by atoms with Crippen molar-refractivity contribution in [1.29, 1.82) is 0 Å². The number of hydrogen-bond acceptors (Lipinski definition) is 3. The van der Waals surface area contributed by atoms with E-state index in [1.54, 1.807) is 6.07 Å². The van der Waals surface area contributed by atoms with Crippen LogP contribution in [0.25, 0.3) is 0 Å². The molecule has 2 heterocycles. The van der Waals surface area contributed by atoms with Gasteiger partial charge in [-0.3, -0.25) is 4.79 Å². The van der Waals surface area contributed by atoms with Crippen molar-refractivity contribution in [2.45, 2.75) is 18.8 Å². The molecule has 3 rings (SSSR count). The van der Waals surface area contributed by atoms with Gasteiger partial charge in [-0.1, -0.05) is 0 Å². The molecule has 1 aliphatic rings. The zero-order chi connectivity index (χ0) is 16.4. The normalized spacial score (nSPS) is 18.0. The fourth-order valence-corrected chi connectivity index (χ4v) is 2.87. The number of likely N-dealkylation sites (tertiary alicyclic amines) is 1. The van der Waals surface area contributed by atoms with E-state index < -0.39 is 23.2 Å². The molecule has 1 aromatic heterocycles. The van der Waals surface area contributed by atoms with E-state index in [0.29, 0.717) is 24.8 Å². The van der Waals surface area contributed by atoms with Crippen molar-refractivity contribution in [3.05, 3.63) is 63.8 Å². The van der Waals surface area contributed by atoms with Crippen LogP contribution in [-0.2, 0) is 0 Å². The Bertz CT molecular complexity index is 791. The average Bonchev–Trinajstić information content (AvgIpc) is 2.54. The van der Waals surface area contributed by atoms with Crippen molar-refractivity contribution >= 4 is 5.91 Å². The first-order valence-electron chi connectivity index (χ1n) is 7.34. The molecule has 1 unspecified atom stereocenters. The third-order valence-corrected chi connectivity index (χ3v) is 4.01. The monoisotopic (exact) mass is 319 g/mol. The molecule has 1 fully saturated rings. The lowest BCUT2D eigenvalue weighted by Crippen LogP contribution is -2.40. The molecule has 1 amide bonds. The summed E-state index contributed by atoms with van der Waals surface area (Å²) < 4.78 is 26.8. The first-order chi connectivity index (χ1) is 11.0. The van der Waals surface area contributed by atoms with Crippen molar-refractivity contribution in [2.24, 2.45) is 0 Å². The summed E-state index contributed by atoms with van der Waals surface area (Å²) in [5.41, 5.74) is 0.132. The SMILES string of the molecule is O=C(c1ccc(F)cc1F)N1CCCC(c2ccnc(=O)[nH]2)C1. The molecule has 1 aliphatic heterocycles. The summed E-state index contributed by atoms with van der Waals surface area (Å²) in [6.45, 7) is 0.872. The molecule has 0 bridgehead atoms. The van der Waals surface area contributed by atoms with Gasteiger partial charge in [-0.25, -0.2) is 18.6 Å². The minimum atomic E-state index is -0.866. The Morgan fingerprint density at radius 1 is 1.30 bits per heavy atom. The lowest BCUT2D eigenvalue weighted by molar-refractivity contribution is 0.0701. The Kier molecular flexibility index (Phi) is 4.18. The molecule has 1 atom stereocenters. The Hall–Kier alpha value is -2.57. The summed E-state index contributed by atoms with van der Waals surface area (Å²) >= 11 is 0. The maximum absolute atomic E-state index is 13.8. The third kappa shape index (κ3) is 3.28. The van der Waals surface area contributed by atoms with Gasteiger partial charge in [0.15, 0.2) is 0 Å². The van der Waals surface area contributed by atoms with Gasteiger partial charge in [-0.2, -0.15) is 0 Å². The summed E-state index contributed by atoms with van der Waals surface area (Å²) in [5, 5.41) is 0. The summed E-state index contributed by atoms with van der Waals surface area (Å²) in [5.74, 6) is -2.09. The van der Waals surface area contributed by atoms with Gasteiger partial charge in [0.25, 0.3) is 5.91 Å². The zero-order valence-electron chi connectivity index (χ0n) is 12.3. The smallest absolute Gasteiger partial charge is 0.338 e. The van der Waals surface area contributed by atoms with Gasteiger partial charge in [0.05, 0.1) is 5.56 Å². The van der Waals surface area contributed by atoms with Crippen molar-refractivity contribution in [2.75, 3.05) is 13.1 Å². The van der Waals surface area contributed by atoms with Crippen LogP contribution in [0, 0.1) is 11.6 Å². The molecule has 1 N–H and O–H groups in total. The molecule has 23 heavy (non-hydrogen) atoms. The molecule has 2 aromatic rings. The summed E-state index contributed by atoms with van der Waals surface area (Å²) in [6.07, 6.45) is 2.98. The second-order valence-corrected chi connectivity index (χ2v) is 5.54. The number of amides is 1. The lowest BCUT2D eigenvalue weighted by atomic mass is 9.94. The molecular formula is C16H15F2N3O2. The fourth-order valence-electron chi connectivity index (χ4n) is 2.87. The summed E-state index contributed by atoms with van der Waals surface area (Å²) in [6, 6.07) is 4.64. The predicted octanol–water partition coefficient (Wildman–Crippen LogP) is 2.07. The molecule has 5 nitrogen and oxygen atoms in total. The van der Waals surface area contributed by atoms with Gasteiger partial charge in [-0.05, 0) is 31.0 Å². The lowest BCUT2D eigenvalue weighted by Gasteiger charge is -2.32. The fraction of sp³-hybridized carbons (Fsp3) is 0.312. The highest BCUT2D eigenvalue weighted by molar-refractivity contribution is 5.94. The summed E-state index contributed by atoms with van der Waals surface area (Å²) in [4.78, 5) is 31.5. The Balaban J connectivity index is 1.80. The maximum Gasteiger partial charge on any atom is 0.345 e. The number of carbonyl (C=O) groups excluding carboxylic acids is 1. The number of rotatable bonds is 2. The largest absolute Gasteiger partial charge is 0.345 e. The van der Waals surface area contributed by atoms with Gasteiger partial charge < -0.3 is 9.88 Å². The van der Waals surface area contributed by atoms with Crippen molar-refractivity contribution in [3.63, 3.8) is 0 Å². The van der Waals surface area contributed by atoms with Crippen LogP contribution < -0.4 is 5.69 Å². The van der Waals surface area contributed by atoms with E-state index in [-0.39, 0.29) is 11.5 Å². The summed E-state index contributed by atoms with van der Waals surface area (Å²) in [7, 11) is 0. The first kappa shape index (κ1) is 15.3. The number of nitrogens with zero attached hydrogens (tertiary/aromatic N) is 2. The van der Waals surface area contributed by atoms with Gasteiger partial charge in [-0.15, -0.1) is 0 Å². The predicted molar refractivity (Wildman–Crippen MR) is 79.1 cm³/mol. The maximum atomic E-state index is 13.8. The van der Waals surface area contributed by atoms with E-state index in [9.17, 15) is 18.4 Å². The molecular weight excluding hydrogens is 304 g/mol. The first-order valence-corrected chi connectivity index (χ1v) is 7.34. The van der Waals surface area contributed by atoms with Crippen molar-refractivity contribution in [1.82, 2.24) is 14.9 Å². The van der Waals surface area contributed by atoms with E-state index in [1.807, 2.05) is 0 Å². The van der Waals surface area contributed by atoms with Crippen LogP contribution in [0.5, 0.6) is 0 Å². The van der Waals surface area contributed by atoms with Crippen LogP contribution in [0.15, 0.2) is 35.3 Å². The van der Waals surface area contributed by atoms with E-state index in [2.05, 4.69) is 9.97 Å². The number of halogens is 2. The third-order valence-electron chi connectivity index (χ3n) is 4.01. The van der Waals surface area contributed by atoms with Gasteiger partial charge >= 0.3 is 5.69 Å². The molecule has 1 saturated heterocycles. The highest BCUT2D eigenvalue weighted by Crippen LogP contribution is 2.26. The quantitative estimate of drug-likeness (QED) is 0.921. The molecule has 0 aliphatic carbocycles. The Morgan fingerprint density at radius 3 is 2.87 bits per heavy atom. The second kappa shape index (κ2) is 6.28. The number of aromatic amines is 1. The average molecular weight is 319 g/mol. The number of carbonyl (C=O) groups is 1. The highest BCUT2D eigenvalue weighted by Gasteiger charge is 2.27. The van der Waals surface area contributed by atoms with Crippen LogP contribution in [0.4, 0.5) is 8.78 Å². The van der Waals surface area contributed by atoms with Crippen LogP contribution in [0.1, 0.15) is 34.8 Å². The number of H-pyrrole nitrogens is 1. The van der Waals surface area contributed by atoms with Gasteiger partial charge in [0.1, 0.15) is 11.6 Å². The molecule has 120 valence electrons. The molecule has 7 heteroatoms. The standard InChI is InChI=1S/C16H15F2N3O2/c17-11-3-4-12(13(18)8-11)15(22)21-7-1-2-10(9-21)14-5-6-19-16(23)20-14/h3-6,8,10H,1-2,7,9H2,(H,19,20,23). The molecule has 0 spiro atoms. The van der Waals surface area contributed by atoms with Crippen LogP contribution in [-0.4, -0.2) is 33.9 Å². The van der Waals surface area contributed by atoms with Crippen molar-refractivity contribution in [3.8, 4) is 0 Å². The van der Waals surface area contributed by atoms with Gasteiger partial charge in [0.2, 0.25) is 0 Å².